The first-order valence-corrected chi connectivity index (χ1v) is 8.60. The van der Waals surface area contributed by atoms with Crippen LogP contribution in [-0.2, 0) is 0 Å². The molecule has 1 aliphatic heterocycles. The average Bonchev–Trinajstić information content (AvgIpc) is 2.39. The van der Waals surface area contributed by atoms with Crippen LogP contribution in [-0.4, -0.2) is 71.5 Å². The van der Waals surface area contributed by atoms with Crippen molar-refractivity contribution in [2.24, 2.45) is 11.3 Å². The Hall–Kier alpha value is -0.160. The summed E-state index contributed by atoms with van der Waals surface area (Å²) < 4.78 is 0. The molecule has 1 saturated heterocycles. The summed E-state index contributed by atoms with van der Waals surface area (Å²) in [6, 6.07) is 0. The Labute approximate surface area is 130 Å². The normalized spacial score (nSPS) is 33.3. The van der Waals surface area contributed by atoms with Crippen LogP contribution in [0.15, 0.2) is 0 Å². The molecule has 2 atom stereocenters. The smallest absolute Gasteiger partial charge is 0.0718 e. The first kappa shape index (κ1) is 17.2. The van der Waals surface area contributed by atoms with Crippen molar-refractivity contribution < 1.29 is 10.2 Å². The van der Waals surface area contributed by atoms with Gasteiger partial charge in [-0.25, -0.2) is 0 Å². The molecule has 0 bridgehead atoms. The molecule has 0 radical (unpaired) electrons. The molecule has 2 rings (SSSR count). The fourth-order valence-electron chi connectivity index (χ4n) is 4.23. The number of nitrogens with zero attached hydrogens (tertiary/aromatic N) is 2. The number of hydrogen-bond donors (Lipinski definition) is 2. The lowest BCUT2D eigenvalue weighted by Crippen LogP contribution is -2.53. The van der Waals surface area contributed by atoms with E-state index in [9.17, 15) is 10.2 Å². The van der Waals surface area contributed by atoms with Crippen molar-refractivity contribution in [1.82, 2.24) is 9.80 Å². The summed E-state index contributed by atoms with van der Waals surface area (Å²) in [6.07, 6.45) is 4.94. The summed E-state index contributed by atoms with van der Waals surface area (Å²) >= 11 is 0. The molecule has 4 heteroatoms. The maximum atomic E-state index is 9.92. The van der Waals surface area contributed by atoms with Gasteiger partial charge in [-0.3, -0.25) is 4.90 Å². The number of rotatable bonds is 5. The molecule has 0 aromatic rings. The van der Waals surface area contributed by atoms with Gasteiger partial charge in [0.1, 0.15) is 0 Å². The van der Waals surface area contributed by atoms with Crippen molar-refractivity contribution in [2.75, 3.05) is 45.9 Å². The van der Waals surface area contributed by atoms with E-state index in [1.165, 1.54) is 25.7 Å². The quantitative estimate of drug-likeness (QED) is 0.809. The predicted molar refractivity (Wildman–Crippen MR) is 86.3 cm³/mol. The molecular weight excluding hydrogens is 264 g/mol. The molecule has 1 saturated carbocycles. The Morgan fingerprint density at radius 1 is 1.14 bits per heavy atom. The second-order valence-electron chi connectivity index (χ2n) is 8.22. The number of aliphatic hydroxyl groups is 2. The second-order valence-corrected chi connectivity index (χ2v) is 8.22. The second kappa shape index (κ2) is 6.95. The van der Waals surface area contributed by atoms with Gasteiger partial charge in [0.25, 0.3) is 0 Å². The highest BCUT2D eigenvalue weighted by Crippen LogP contribution is 2.39. The summed E-state index contributed by atoms with van der Waals surface area (Å²) in [5.41, 5.74) is -0.469. The lowest BCUT2D eigenvalue weighted by atomic mass is 9.70. The van der Waals surface area contributed by atoms with Crippen molar-refractivity contribution in [3.8, 4) is 0 Å². The molecule has 1 aliphatic carbocycles. The topological polar surface area (TPSA) is 46.9 Å². The first-order valence-electron chi connectivity index (χ1n) is 8.60. The van der Waals surface area contributed by atoms with E-state index >= 15 is 0 Å². The van der Waals surface area contributed by atoms with E-state index in [-0.39, 0.29) is 5.41 Å². The SMILES string of the molecule is CC1CCCC(CO)(CN2CCN(CC(C)(C)O)CC2)C1. The molecule has 0 aromatic heterocycles. The Morgan fingerprint density at radius 3 is 2.29 bits per heavy atom. The van der Waals surface area contributed by atoms with Crippen molar-refractivity contribution in [3.05, 3.63) is 0 Å². The maximum Gasteiger partial charge on any atom is 0.0718 e. The zero-order valence-corrected chi connectivity index (χ0v) is 14.1. The third kappa shape index (κ3) is 5.20. The zero-order chi connectivity index (χ0) is 15.5. The molecule has 2 fully saturated rings. The summed E-state index contributed by atoms with van der Waals surface area (Å²) in [6.45, 7) is 12.4. The van der Waals surface area contributed by atoms with E-state index in [1.807, 2.05) is 13.8 Å². The number of piperazine rings is 1. The Morgan fingerprint density at radius 2 is 1.76 bits per heavy atom. The van der Waals surface area contributed by atoms with Crippen molar-refractivity contribution in [2.45, 2.75) is 52.1 Å². The zero-order valence-electron chi connectivity index (χ0n) is 14.1. The molecular formula is C17H34N2O2. The molecule has 1 heterocycles. The van der Waals surface area contributed by atoms with Crippen LogP contribution in [0.2, 0.25) is 0 Å². The van der Waals surface area contributed by atoms with Crippen LogP contribution in [0, 0.1) is 11.3 Å². The summed E-state index contributed by atoms with van der Waals surface area (Å²) in [5, 5.41) is 19.8. The lowest BCUT2D eigenvalue weighted by Gasteiger charge is -2.45. The Bertz CT molecular complexity index is 321. The highest BCUT2D eigenvalue weighted by Gasteiger charge is 2.36. The minimum atomic E-state index is -0.604. The van der Waals surface area contributed by atoms with Gasteiger partial charge in [0.15, 0.2) is 0 Å². The van der Waals surface area contributed by atoms with Crippen molar-refractivity contribution in [1.29, 1.82) is 0 Å². The van der Waals surface area contributed by atoms with E-state index in [4.69, 9.17) is 0 Å². The summed E-state index contributed by atoms with van der Waals surface area (Å²) in [4.78, 5) is 4.88. The van der Waals surface area contributed by atoms with Gasteiger partial charge >= 0.3 is 0 Å². The number of aliphatic hydroxyl groups excluding tert-OH is 1. The molecule has 2 unspecified atom stereocenters. The van der Waals surface area contributed by atoms with Gasteiger partial charge in [-0.1, -0.05) is 19.8 Å². The van der Waals surface area contributed by atoms with Gasteiger partial charge in [-0.05, 0) is 32.6 Å². The Kier molecular flexibility index (Phi) is 5.69. The molecule has 2 aliphatic rings. The number of β-amino-alcohol motifs (C(OH)–C–C–N with tert-alkyl or cyclic N) is 1. The van der Waals surface area contributed by atoms with Crippen LogP contribution in [0.3, 0.4) is 0 Å². The van der Waals surface area contributed by atoms with Crippen LogP contribution in [0.4, 0.5) is 0 Å². The van der Waals surface area contributed by atoms with E-state index in [1.54, 1.807) is 0 Å². The van der Waals surface area contributed by atoms with Crippen molar-refractivity contribution in [3.63, 3.8) is 0 Å². The van der Waals surface area contributed by atoms with Crippen LogP contribution in [0.25, 0.3) is 0 Å². The molecule has 0 amide bonds. The van der Waals surface area contributed by atoms with Crippen molar-refractivity contribution >= 4 is 0 Å². The van der Waals surface area contributed by atoms with Gasteiger partial charge in [-0.2, -0.15) is 0 Å². The number of hydrogen-bond acceptors (Lipinski definition) is 4. The average molecular weight is 298 g/mol. The van der Waals surface area contributed by atoms with Crippen LogP contribution >= 0.6 is 0 Å². The lowest BCUT2D eigenvalue weighted by molar-refractivity contribution is -0.0103. The maximum absolute atomic E-state index is 9.92. The van der Waals surface area contributed by atoms with Crippen LogP contribution in [0.5, 0.6) is 0 Å². The van der Waals surface area contributed by atoms with E-state index in [2.05, 4.69) is 16.7 Å². The van der Waals surface area contributed by atoms with Gasteiger partial charge < -0.3 is 15.1 Å². The highest BCUT2D eigenvalue weighted by molar-refractivity contribution is 4.89. The third-order valence-corrected chi connectivity index (χ3v) is 5.16. The minimum absolute atomic E-state index is 0.135. The molecule has 0 aromatic carbocycles. The Balaban J connectivity index is 1.82. The third-order valence-electron chi connectivity index (χ3n) is 5.16. The molecule has 21 heavy (non-hydrogen) atoms. The molecule has 4 nitrogen and oxygen atoms in total. The standard InChI is InChI=1S/C17H34N2O2/c1-15-5-4-6-17(11-15,14-20)13-19-9-7-18(8-10-19)12-16(2,3)21/h15,20-21H,4-14H2,1-3H3. The first-order chi connectivity index (χ1) is 9.82. The largest absolute Gasteiger partial charge is 0.396 e. The molecule has 0 spiro atoms. The van der Waals surface area contributed by atoms with Gasteiger partial charge in [-0.15, -0.1) is 0 Å². The van der Waals surface area contributed by atoms with Crippen LogP contribution in [0.1, 0.15) is 46.5 Å². The fourth-order valence-corrected chi connectivity index (χ4v) is 4.23. The van der Waals surface area contributed by atoms with Gasteiger partial charge in [0.05, 0.1) is 5.60 Å². The predicted octanol–water partition coefficient (Wildman–Crippen LogP) is 1.56. The van der Waals surface area contributed by atoms with E-state index in [0.29, 0.717) is 6.61 Å². The monoisotopic (exact) mass is 298 g/mol. The summed E-state index contributed by atoms with van der Waals surface area (Å²) in [5.74, 6) is 0.752. The fraction of sp³-hybridized carbons (Fsp3) is 1.00. The molecule has 2 N–H and O–H groups in total. The van der Waals surface area contributed by atoms with E-state index in [0.717, 1.165) is 45.2 Å². The van der Waals surface area contributed by atoms with Gasteiger partial charge in [0, 0.05) is 51.3 Å². The van der Waals surface area contributed by atoms with E-state index < -0.39 is 5.60 Å². The van der Waals surface area contributed by atoms with Gasteiger partial charge in [0.2, 0.25) is 0 Å². The molecule has 124 valence electrons. The summed E-state index contributed by atoms with van der Waals surface area (Å²) in [7, 11) is 0. The minimum Gasteiger partial charge on any atom is -0.396 e. The van der Waals surface area contributed by atoms with Crippen LogP contribution < -0.4 is 0 Å². The highest BCUT2D eigenvalue weighted by atomic mass is 16.3.